The number of hydrogen-bond acceptors (Lipinski definition) is 3. The Hall–Kier alpha value is -2.17. The number of carboxylic acids is 1. The topological polar surface area (TPSA) is 68.0 Å². The number of carbonyl (C=O) groups is 1. The number of nitrogens with zero attached hydrogens (tertiary/aromatic N) is 3. The first-order valence-electron chi connectivity index (χ1n) is 6.64. The van der Waals surface area contributed by atoms with Crippen LogP contribution in [0.15, 0.2) is 18.2 Å². The quantitative estimate of drug-likeness (QED) is 0.930. The average molecular weight is 273 g/mol. The van der Waals surface area contributed by atoms with Gasteiger partial charge in [-0.2, -0.15) is 0 Å². The van der Waals surface area contributed by atoms with Crippen LogP contribution in [0.1, 0.15) is 35.5 Å². The SMILES string of the molecule is Cc1ccc(-c2c(C(=O)O)nnn2CC(C)C)cc1C. The van der Waals surface area contributed by atoms with Gasteiger partial charge in [-0.25, -0.2) is 9.48 Å². The number of hydrogen-bond donors (Lipinski definition) is 1. The van der Waals surface area contributed by atoms with Gasteiger partial charge in [-0.1, -0.05) is 31.2 Å². The first-order valence-corrected chi connectivity index (χ1v) is 6.64. The number of aryl methyl sites for hydroxylation is 2. The molecular weight excluding hydrogens is 254 g/mol. The maximum Gasteiger partial charge on any atom is 0.358 e. The largest absolute Gasteiger partial charge is 0.476 e. The zero-order valence-corrected chi connectivity index (χ0v) is 12.2. The van der Waals surface area contributed by atoms with Gasteiger partial charge in [0.25, 0.3) is 0 Å². The molecule has 1 aromatic carbocycles. The fraction of sp³-hybridized carbons (Fsp3) is 0.400. The van der Waals surface area contributed by atoms with Gasteiger partial charge in [0, 0.05) is 12.1 Å². The second kappa shape index (κ2) is 5.45. The predicted molar refractivity (Wildman–Crippen MR) is 76.7 cm³/mol. The molecule has 0 spiro atoms. The highest BCUT2D eigenvalue weighted by Crippen LogP contribution is 2.25. The molecule has 0 aliphatic rings. The summed E-state index contributed by atoms with van der Waals surface area (Å²) in [5.74, 6) is -0.683. The molecule has 0 atom stereocenters. The predicted octanol–water partition coefficient (Wildman–Crippen LogP) is 2.92. The lowest BCUT2D eigenvalue weighted by atomic mass is 10.0. The Bertz CT molecular complexity index is 645. The van der Waals surface area contributed by atoms with E-state index in [9.17, 15) is 9.90 Å². The Kier molecular flexibility index (Phi) is 3.88. The van der Waals surface area contributed by atoms with Crippen molar-refractivity contribution in [3.63, 3.8) is 0 Å². The summed E-state index contributed by atoms with van der Waals surface area (Å²) in [6, 6.07) is 5.89. The van der Waals surface area contributed by atoms with Crippen molar-refractivity contribution in [2.45, 2.75) is 34.2 Å². The van der Waals surface area contributed by atoms with E-state index in [1.807, 2.05) is 32.0 Å². The first-order chi connectivity index (χ1) is 9.40. The van der Waals surface area contributed by atoms with Gasteiger partial charge in [-0.15, -0.1) is 5.10 Å². The van der Waals surface area contributed by atoms with Gasteiger partial charge in [0.15, 0.2) is 5.69 Å². The summed E-state index contributed by atoms with van der Waals surface area (Å²) in [6.45, 7) is 8.80. The highest BCUT2D eigenvalue weighted by Gasteiger charge is 2.21. The Balaban J connectivity index is 2.59. The van der Waals surface area contributed by atoms with Crippen LogP contribution in [0.2, 0.25) is 0 Å². The van der Waals surface area contributed by atoms with Crippen LogP contribution in [-0.4, -0.2) is 26.1 Å². The van der Waals surface area contributed by atoms with E-state index in [0.717, 1.165) is 11.1 Å². The highest BCUT2D eigenvalue weighted by atomic mass is 16.4. The Labute approximate surface area is 118 Å². The molecule has 0 bridgehead atoms. The molecule has 1 heterocycles. The van der Waals surface area contributed by atoms with E-state index in [0.29, 0.717) is 18.2 Å². The summed E-state index contributed by atoms with van der Waals surface area (Å²) in [7, 11) is 0. The van der Waals surface area contributed by atoms with Crippen LogP contribution in [0.4, 0.5) is 0 Å². The lowest BCUT2D eigenvalue weighted by Crippen LogP contribution is -2.09. The molecule has 1 N–H and O–H groups in total. The van der Waals surface area contributed by atoms with Crippen molar-refractivity contribution in [1.29, 1.82) is 0 Å². The molecule has 1 aromatic heterocycles. The summed E-state index contributed by atoms with van der Waals surface area (Å²) in [4.78, 5) is 11.3. The minimum atomic E-state index is -1.05. The minimum Gasteiger partial charge on any atom is -0.476 e. The van der Waals surface area contributed by atoms with E-state index >= 15 is 0 Å². The van der Waals surface area contributed by atoms with Gasteiger partial charge in [-0.3, -0.25) is 0 Å². The summed E-state index contributed by atoms with van der Waals surface area (Å²) in [6.07, 6.45) is 0. The second-order valence-electron chi connectivity index (χ2n) is 5.47. The van der Waals surface area contributed by atoms with Crippen LogP contribution >= 0.6 is 0 Å². The van der Waals surface area contributed by atoms with Crippen LogP contribution in [0, 0.1) is 19.8 Å². The number of aromatic nitrogens is 3. The van der Waals surface area contributed by atoms with E-state index in [4.69, 9.17) is 0 Å². The van der Waals surface area contributed by atoms with Gasteiger partial charge in [-0.05, 0) is 37.0 Å². The zero-order valence-electron chi connectivity index (χ0n) is 12.2. The Morgan fingerprint density at radius 3 is 2.55 bits per heavy atom. The zero-order chi connectivity index (χ0) is 14.9. The van der Waals surface area contributed by atoms with Crippen molar-refractivity contribution in [2.75, 3.05) is 0 Å². The molecule has 0 unspecified atom stereocenters. The van der Waals surface area contributed by atoms with Crippen LogP contribution in [-0.2, 0) is 6.54 Å². The van der Waals surface area contributed by atoms with Crippen molar-refractivity contribution in [3.05, 3.63) is 35.0 Å². The molecule has 0 saturated carbocycles. The van der Waals surface area contributed by atoms with Gasteiger partial charge < -0.3 is 5.11 Å². The molecule has 0 saturated heterocycles. The van der Waals surface area contributed by atoms with Crippen LogP contribution in [0.25, 0.3) is 11.3 Å². The molecular formula is C15H19N3O2. The van der Waals surface area contributed by atoms with Crippen molar-refractivity contribution in [2.24, 2.45) is 5.92 Å². The Morgan fingerprint density at radius 2 is 2.00 bits per heavy atom. The molecule has 2 rings (SSSR count). The van der Waals surface area contributed by atoms with Crippen molar-refractivity contribution in [1.82, 2.24) is 15.0 Å². The summed E-state index contributed by atoms with van der Waals surface area (Å²) < 4.78 is 1.68. The molecule has 20 heavy (non-hydrogen) atoms. The summed E-state index contributed by atoms with van der Waals surface area (Å²) >= 11 is 0. The Morgan fingerprint density at radius 1 is 1.30 bits per heavy atom. The van der Waals surface area contributed by atoms with E-state index in [2.05, 4.69) is 24.2 Å². The van der Waals surface area contributed by atoms with Gasteiger partial charge in [0.1, 0.15) is 5.69 Å². The standard InChI is InChI=1S/C15H19N3O2/c1-9(2)8-18-14(13(15(19)20)16-17-18)12-6-5-10(3)11(4)7-12/h5-7,9H,8H2,1-4H3,(H,19,20). The fourth-order valence-electron chi connectivity index (χ4n) is 2.11. The van der Waals surface area contributed by atoms with E-state index < -0.39 is 5.97 Å². The van der Waals surface area contributed by atoms with E-state index in [1.54, 1.807) is 4.68 Å². The monoisotopic (exact) mass is 273 g/mol. The molecule has 0 radical (unpaired) electrons. The lowest BCUT2D eigenvalue weighted by Gasteiger charge is -2.11. The van der Waals surface area contributed by atoms with Crippen molar-refractivity contribution >= 4 is 5.97 Å². The summed E-state index contributed by atoms with van der Waals surface area (Å²) in [5, 5.41) is 17.1. The number of rotatable bonds is 4. The van der Waals surface area contributed by atoms with E-state index in [1.165, 1.54) is 5.56 Å². The summed E-state index contributed by atoms with van der Waals surface area (Å²) in [5.41, 5.74) is 3.73. The minimum absolute atomic E-state index is 0.00824. The molecule has 0 aliphatic heterocycles. The van der Waals surface area contributed by atoms with Crippen LogP contribution < -0.4 is 0 Å². The van der Waals surface area contributed by atoms with Gasteiger partial charge >= 0.3 is 5.97 Å². The third-order valence-corrected chi connectivity index (χ3v) is 3.26. The first kappa shape index (κ1) is 14.2. The van der Waals surface area contributed by atoms with Gasteiger partial charge in [0.2, 0.25) is 0 Å². The molecule has 2 aromatic rings. The third kappa shape index (κ3) is 2.71. The number of benzene rings is 1. The van der Waals surface area contributed by atoms with Crippen LogP contribution in [0.3, 0.4) is 0 Å². The third-order valence-electron chi connectivity index (χ3n) is 3.26. The maximum absolute atomic E-state index is 11.3. The number of carboxylic acid groups (broad SMARTS) is 1. The lowest BCUT2D eigenvalue weighted by molar-refractivity contribution is 0.0691. The molecule has 106 valence electrons. The second-order valence-corrected chi connectivity index (χ2v) is 5.47. The van der Waals surface area contributed by atoms with E-state index in [-0.39, 0.29) is 5.69 Å². The van der Waals surface area contributed by atoms with Crippen molar-refractivity contribution < 1.29 is 9.90 Å². The maximum atomic E-state index is 11.3. The van der Waals surface area contributed by atoms with Crippen LogP contribution in [0.5, 0.6) is 0 Å². The molecule has 5 nitrogen and oxygen atoms in total. The number of aromatic carboxylic acids is 1. The molecule has 0 fully saturated rings. The van der Waals surface area contributed by atoms with Gasteiger partial charge in [0.05, 0.1) is 0 Å². The normalized spacial score (nSPS) is 11.1. The highest BCUT2D eigenvalue weighted by molar-refractivity contribution is 5.92. The molecule has 0 amide bonds. The fourth-order valence-corrected chi connectivity index (χ4v) is 2.11. The van der Waals surface area contributed by atoms with Crippen molar-refractivity contribution in [3.8, 4) is 11.3 Å². The molecule has 0 aliphatic carbocycles. The average Bonchev–Trinajstić information content (AvgIpc) is 2.75. The smallest absolute Gasteiger partial charge is 0.358 e. The molecule has 5 heteroatoms.